The van der Waals surface area contributed by atoms with Crippen molar-refractivity contribution in [3.63, 3.8) is 0 Å². The highest BCUT2D eigenvalue weighted by molar-refractivity contribution is 5.91. The highest BCUT2D eigenvalue weighted by Crippen LogP contribution is 2.20. The zero-order valence-electron chi connectivity index (χ0n) is 12.5. The number of hydrogen-bond acceptors (Lipinski definition) is 2. The first-order chi connectivity index (χ1) is 10.3. The third kappa shape index (κ3) is 4.75. The Labute approximate surface area is 126 Å². The van der Waals surface area contributed by atoms with Gasteiger partial charge in [0.05, 0.1) is 12.2 Å². The van der Waals surface area contributed by atoms with Gasteiger partial charge in [0.15, 0.2) is 0 Å². The van der Waals surface area contributed by atoms with Gasteiger partial charge in [-0.25, -0.2) is 4.79 Å². The highest BCUT2D eigenvalue weighted by atomic mass is 16.5. The first-order valence-corrected chi connectivity index (χ1v) is 7.64. The molecule has 0 spiro atoms. The summed E-state index contributed by atoms with van der Waals surface area (Å²) in [6.07, 6.45) is 4.44. The van der Waals surface area contributed by atoms with Crippen LogP contribution in [-0.4, -0.2) is 12.6 Å². The fourth-order valence-corrected chi connectivity index (χ4v) is 2.23. The van der Waals surface area contributed by atoms with Crippen LogP contribution < -0.4 is 0 Å². The summed E-state index contributed by atoms with van der Waals surface area (Å²) in [5.41, 5.74) is 2.76. The SMILES string of the molecule is CCCCCCOC(=O)c1cccc(-c2ccccc2)c1. The molecule has 0 aliphatic heterocycles. The number of ether oxygens (including phenoxy) is 1. The van der Waals surface area contributed by atoms with Crippen molar-refractivity contribution in [1.29, 1.82) is 0 Å². The van der Waals surface area contributed by atoms with Crippen molar-refractivity contribution in [2.45, 2.75) is 32.6 Å². The molecule has 2 aromatic rings. The molecule has 0 fully saturated rings. The van der Waals surface area contributed by atoms with E-state index in [2.05, 4.69) is 6.92 Å². The van der Waals surface area contributed by atoms with Crippen molar-refractivity contribution in [2.24, 2.45) is 0 Å². The molecule has 0 N–H and O–H groups in total. The number of esters is 1. The monoisotopic (exact) mass is 282 g/mol. The van der Waals surface area contributed by atoms with Crippen LogP contribution in [0.5, 0.6) is 0 Å². The smallest absolute Gasteiger partial charge is 0.338 e. The van der Waals surface area contributed by atoms with Gasteiger partial charge in [0.1, 0.15) is 0 Å². The van der Waals surface area contributed by atoms with E-state index in [1.54, 1.807) is 6.07 Å². The lowest BCUT2D eigenvalue weighted by Crippen LogP contribution is -2.06. The van der Waals surface area contributed by atoms with E-state index < -0.39 is 0 Å². The molecule has 0 saturated heterocycles. The lowest BCUT2D eigenvalue weighted by Gasteiger charge is -2.07. The summed E-state index contributed by atoms with van der Waals surface area (Å²) >= 11 is 0. The van der Waals surface area contributed by atoms with Crippen LogP contribution in [0.4, 0.5) is 0 Å². The Balaban J connectivity index is 1.96. The van der Waals surface area contributed by atoms with Crippen molar-refractivity contribution in [3.8, 4) is 11.1 Å². The van der Waals surface area contributed by atoms with Crippen molar-refractivity contribution < 1.29 is 9.53 Å². The molecule has 0 amide bonds. The quantitative estimate of drug-likeness (QED) is 0.522. The molecule has 0 saturated carbocycles. The van der Waals surface area contributed by atoms with Gasteiger partial charge in [-0.15, -0.1) is 0 Å². The number of hydrogen-bond donors (Lipinski definition) is 0. The summed E-state index contributed by atoms with van der Waals surface area (Å²) in [7, 11) is 0. The minimum absolute atomic E-state index is 0.232. The molecule has 0 aliphatic rings. The zero-order chi connectivity index (χ0) is 14.9. The summed E-state index contributed by atoms with van der Waals surface area (Å²) in [5, 5.41) is 0. The van der Waals surface area contributed by atoms with Crippen molar-refractivity contribution in [2.75, 3.05) is 6.61 Å². The van der Waals surface area contributed by atoms with E-state index in [9.17, 15) is 4.79 Å². The Kier molecular flexibility index (Phi) is 6.01. The molecule has 0 heterocycles. The van der Waals surface area contributed by atoms with Gasteiger partial charge in [0.2, 0.25) is 0 Å². The summed E-state index contributed by atoms with van der Waals surface area (Å²) in [5.74, 6) is -0.232. The maximum atomic E-state index is 12.0. The second kappa shape index (κ2) is 8.25. The summed E-state index contributed by atoms with van der Waals surface area (Å²) in [6.45, 7) is 2.68. The number of unbranched alkanes of at least 4 members (excludes halogenated alkanes) is 3. The second-order valence-electron chi connectivity index (χ2n) is 5.14. The van der Waals surface area contributed by atoms with Crippen LogP contribution in [0, 0.1) is 0 Å². The van der Waals surface area contributed by atoms with Crippen LogP contribution in [0.1, 0.15) is 43.0 Å². The Hall–Kier alpha value is -2.09. The molecule has 2 nitrogen and oxygen atoms in total. The molecule has 2 rings (SSSR count). The minimum Gasteiger partial charge on any atom is -0.462 e. The fraction of sp³-hybridized carbons (Fsp3) is 0.316. The lowest BCUT2D eigenvalue weighted by molar-refractivity contribution is 0.0498. The van der Waals surface area contributed by atoms with E-state index in [0.29, 0.717) is 12.2 Å². The minimum atomic E-state index is -0.232. The summed E-state index contributed by atoms with van der Waals surface area (Å²) in [6, 6.07) is 17.7. The third-order valence-corrected chi connectivity index (χ3v) is 3.44. The van der Waals surface area contributed by atoms with Gasteiger partial charge in [-0.1, -0.05) is 68.7 Å². The van der Waals surface area contributed by atoms with E-state index in [0.717, 1.165) is 24.0 Å². The van der Waals surface area contributed by atoms with Gasteiger partial charge in [0.25, 0.3) is 0 Å². The van der Waals surface area contributed by atoms with Gasteiger partial charge in [0, 0.05) is 0 Å². The lowest BCUT2D eigenvalue weighted by atomic mass is 10.0. The zero-order valence-corrected chi connectivity index (χ0v) is 12.5. The molecule has 110 valence electrons. The molecule has 0 unspecified atom stereocenters. The van der Waals surface area contributed by atoms with E-state index >= 15 is 0 Å². The average molecular weight is 282 g/mol. The Morgan fingerprint density at radius 2 is 1.67 bits per heavy atom. The largest absolute Gasteiger partial charge is 0.462 e. The van der Waals surface area contributed by atoms with Crippen molar-refractivity contribution in [3.05, 3.63) is 60.2 Å². The molecular weight excluding hydrogens is 260 g/mol. The number of carbonyl (C=O) groups is 1. The van der Waals surface area contributed by atoms with Crippen molar-refractivity contribution >= 4 is 5.97 Å². The van der Waals surface area contributed by atoms with E-state index in [1.807, 2.05) is 48.5 Å². The molecule has 0 bridgehead atoms. The number of carbonyl (C=O) groups excluding carboxylic acids is 1. The van der Waals surface area contributed by atoms with Gasteiger partial charge in [-0.05, 0) is 29.7 Å². The average Bonchev–Trinajstić information content (AvgIpc) is 2.55. The van der Waals surface area contributed by atoms with Gasteiger partial charge < -0.3 is 4.74 Å². The molecule has 0 radical (unpaired) electrons. The first-order valence-electron chi connectivity index (χ1n) is 7.64. The molecule has 2 heteroatoms. The maximum absolute atomic E-state index is 12.0. The molecule has 0 atom stereocenters. The van der Waals surface area contributed by atoms with Crippen LogP contribution in [0.3, 0.4) is 0 Å². The summed E-state index contributed by atoms with van der Waals surface area (Å²) in [4.78, 5) is 12.0. The van der Waals surface area contributed by atoms with E-state index in [1.165, 1.54) is 12.8 Å². The number of rotatable bonds is 7. The standard InChI is InChI=1S/C19H22O2/c1-2-3-4-8-14-21-19(20)18-13-9-12-17(15-18)16-10-6-5-7-11-16/h5-7,9-13,15H,2-4,8,14H2,1H3. The highest BCUT2D eigenvalue weighted by Gasteiger charge is 2.08. The Morgan fingerprint density at radius 1 is 0.905 bits per heavy atom. The molecule has 0 aliphatic carbocycles. The third-order valence-electron chi connectivity index (χ3n) is 3.44. The molecular formula is C19H22O2. The van der Waals surface area contributed by atoms with Gasteiger partial charge in [-0.3, -0.25) is 0 Å². The van der Waals surface area contributed by atoms with Crippen LogP contribution in [0.25, 0.3) is 11.1 Å². The van der Waals surface area contributed by atoms with Crippen LogP contribution in [-0.2, 0) is 4.74 Å². The molecule has 0 aromatic heterocycles. The van der Waals surface area contributed by atoms with Crippen LogP contribution in [0.2, 0.25) is 0 Å². The maximum Gasteiger partial charge on any atom is 0.338 e. The first kappa shape index (κ1) is 15.3. The van der Waals surface area contributed by atoms with E-state index in [4.69, 9.17) is 4.74 Å². The van der Waals surface area contributed by atoms with E-state index in [-0.39, 0.29) is 5.97 Å². The van der Waals surface area contributed by atoms with Gasteiger partial charge in [-0.2, -0.15) is 0 Å². The Bertz CT molecular complexity index is 561. The molecule has 21 heavy (non-hydrogen) atoms. The molecule has 2 aromatic carbocycles. The number of benzene rings is 2. The second-order valence-corrected chi connectivity index (χ2v) is 5.14. The van der Waals surface area contributed by atoms with Gasteiger partial charge >= 0.3 is 5.97 Å². The topological polar surface area (TPSA) is 26.3 Å². The predicted octanol–water partition coefficient (Wildman–Crippen LogP) is 5.09. The van der Waals surface area contributed by atoms with Crippen LogP contribution >= 0.6 is 0 Å². The predicted molar refractivity (Wildman–Crippen MR) is 86.3 cm³/mol. The normalized spacial score (nSPS) is 10.3. The summed E-state index contributed by atoms with van der Waals surface area (Å²) < 4.78 is 5.33. The Morgan fingerprint density at radius 3 is 2.43 bits per heavy atom. The van der Waals surface area contributed by atoms with Crippen LogP contribution in [0.15, 0.2) is 54.6 Å². The fourth-order valence-electron chi connectivity index (χ4n) is 2.23. The van der Waals surface area contributed by atoms with Crippen molar-refractivity contribution in [1.82, 2.24) is 0 Å².